The van der Waals surface area contributed by atoms with Crippen molar-refractivity contribution in [3.63, 3.8) is 0 Å². The van der Waals surface area contributed by atoms with Crippen LogP contribution in [0.1, 0.15) is 24.8 Å². The Morgan fingerprint density at radius 2 is 2.14 bits per heavy atom. The Bertz CT molecular complexity index is 347. The molecule has 0 atom stereocenters. The fraction of sp³-hybridized carbons (Fsp3) is 0.455. The lowest BCUT2D eigenvalue weighted by Gasteiger charge is -2.38. The van der Waals surface area contributed by atoms with Gasteiger partial charge in [0, 0.05) is 5.54 Å². The molecule has 1 aliphatic rings. The Kier molecular flexibility index (Phi) is 2.50. The van der Waals surface area contributed by atoms with E-state index in [-0.39, 0.29) is 16.4 Å². The lowest BCUT2D eigenvalue weighted by Crippen LogP contribution is -2.48. The van der Waals surface area contributed by atoms with Crippen molar-refractivity contribution in [2.75, 3.05) is 0 Å². The van der Waals surface area contributed by atoms with Crippen LogP contribution in [0.4, 0.5) is 4.39 Å². The summed E-state index contributed by atoms with van der Waals surface area (Å²) in [7, 11) is 0. The highest BCUT2D eigenvalue weighted by Crippen LogP contribution is 2.32. The highest BCUT2D eigenvalue weighted by atomic mass is 35.5. The van der Waals surface area contributed by atoms with Crippen LogP contribution < -0.4 is 5.73 Å². The lowest BCUT2D eigenvalue weighted by molar-refractivity contribution is 0.247. The van der Waals surface area contributed by atoms with Gasteiger partial charge in [0.25, 0.3) is 0 Å². The number of halogens is 2. The topological polar surface area (TPSA) is 26.0 Å². The molecule has 2 N–H and O–H groups in total. The predicted octanol–water partition coefficient (Wildman–Crippen LogP) is 2.90. The van der Waals surface area contributed by atoms with E-state index >= 15 is 0 Å². The van der Waals surface area contributed by atoms with Gasteiger partial charge in [0.2, 0.25) is 0 Å². The second-order valence-corrected chi connectivity index (χ2v) is 4.55. The molecule has 0 amide bonds. The maximum atomic E-state index is 13.1. The molecule has 3 heteroatoms. The molecule has 0 aliphatic heterocycles. The van der Waals surface area contributed by atoms with Crippen molar-refractivity contribution in [2.24, 2.45) is 5.73 Å². The third-order valence-corrected chi connectivity index (χ3v) is 3.20. The van der Waals surface area contributed by atoms with E-state index in [0.29, 0.717) is 0 Å². The summed E-state index contributed by atoms with van der Waals surface area (Å²) in [5.74, 6) is -0.355. The molecule has 1 aromatic carbocycles. The van der Waals surface area contributed by atoms with Crippen LogP contribution in [-0.2, 0) is 6.42 Å². The van der Waals surface area contributed by atoms with Gasteiger partial charge in [-0.15, -0.1) is 0 Å². The first-order chi connectivity index (χ1) is 6.59. The van der Waals surface area contributed by atoms with Crippen molar-refractivity contribution in [1.82, 2.24) is 0 Å². The number of benzene rings is 1. The van der Waals surface area contributed by atoms with Gasteiger partial charge in [0.05, 0.1) is 5.02 Å². The number of hydrogen-bond acceptors (Lipinski definition) is 1. The van der Waals surface area contributed by atoms with Crippen molar-refractivity contribution in [3.05, 3.63) is 34.6 Å². The largest absolute Gasteiger partial charge is 0.325 e. The third-order valence-electron chi connectivity index (χ3n) is 2.89. The van der Waals surface area contributed by atoms with Crippen LogP contribution in [0.3, 0.4) is 0 Å². The van der Waals surface area contributed by atoms with Crippen molar-refractivity contribution < 1.29 is 4.39 Å². The first kappa shape index (κ1) is 9.94. The first-order valence-electron chi connectivity index (χ1n) is 4.82. The van der Waals surface area contributed by atoms with E-state index in [2.05, 4.69) is 0 Å². The molecule has 1 nitrogen and oxygen atoms in total. The molecule has 76 valence electrons. The molecule has 0 heterocycles. The minimum atomic E-state index is -0.355. The Morgan fingerprint density at radius 1 is 1.43 bits per heavy atom. The van der Waals surface area contributed by atoms with Gasteiger partial charge in [0.1, 0.15) is 5.82 Å². The zero-order valence-corrected chi connectivity index (χ0v) is 8.65. The van der Waals surface area contributed by atoms with Gasteiger partial charge in [-0.2, -0.15) is 0 Å². The summed E-state index contributed by atoms with van der Waals surface area (Å²) in [6, 6.07) is 4.92. The summed E-state index contributed by atoms with van der Waals surface area (Å²) >= 11 is 5.59. The van der Waals surface area contributed by atoms with Crippen LogP contribution in [0.5, 0.6) is 0 Å². The summed E-state index contributed by atoms with van der Waals surface area (Å²) < 4.78 is 13.1. The Balaban J connectivity index is 2.13. The van der Waals surface area contributed by atoms with Crippen LogP contribution in [0, 0.1) is 5.82 Å². The van der Waals surface area contributed by atoms with Crippen molar-refractivity contribution in [1.29, 1.82) is 0 Å². The SMILES string of the molecule is NC1(Cc2ccc(Cl)c(F)c2)CCC1. The summed E-state index contributed by atoms with van der Waals surface area (Å²) in [4.78, 5) is 0. The molecule has 1 saturated carbocycles. The monoisotopic (exact) mass is 213 g/mol. The molecule has 0 saturated heterocycles. The van der Waals surface area contributed by atoms with E-state index in [1.165, 1.54) is 12.5 Å². The Morgan fingerprint density at radius 3 is 2.64 bits per heavy atom. The normalized spacial score (nSPS) is 19.1. The first-order valence-corrected chi connectivity index (χ1v) is 5.20. The van der Waals surface area contributed by atoms with Crippen LogP contribution >= 0.6 is 11.6 Å². The average Bonchev–Trinajstić information content (AvgIpc) is 2.09. The third kappa shape index (κ3) is 1.91. The number of rotatable bonds is 2. The molecule has 0 aromatic heterocycles. The second-order valence-electron chi connectivity index (χ2n) is 4.14. The van der Waals surface area contributed by atoms with E-state index in [1.807, 2.05) is 6.07 Å². The Labute approximate surface area is 88.1 Å². The van der Waals surface area contributed by atoms with Crippen LogP contribution in [0.2, 0.25) is 5.02 Å². The minimum Gasteiger partial charge on any atom is -0.325 e. The molecular weight excluding hydrogens is 201 g/mol. The fourth-order valence-corrected chi connectivity index (χ4v) is 1.98. The van der Waals surface area contributed by atoms with E-state index in [1.54, 1.807) is 6.07 Å². The molecule has 0 radical (unpaired) electrons. The molecule has 2 rings (SSSR count). The average molecular weight is 214 g/mol. The summed E-state index contributed by atoms with van der Waals surface area (Å²) in [5.41, 5.74) is 6.91. The maximum absolute atomic E-state index is 13.1. The van der Waals surface area contributed by atoms with Crippen LogP contribution in [-0.4, -0.2) is 5.54 Å². The Hall–Kier alpha value is -0.600. The zero-order chi connectivity index (χ0) is 10.2. The van der Waals surface area contributed by atoms with Gasteiger partial charge in [-0.1, -0.05) is 17.7 Å². The number of nitrogens with two attached hydrogens (primary N) is 1. The molecule has 1 aliphatic carbocycles. The highest BCUT2D eigenvalue weighted by molar-refractivity contribution is 6.30. The molecule has 14 heavy (non-hydrogen) atoms. The van der Waals surface area contributed by atoms with Crippen LogP contribution in [0.15, 0.2) is 18.2 Å². The zero-order valence-electron chi connectivity index (χ0n) is 7.89. The van der Waals surface area contributed by atoms with Gasteiger partial charge in [-0.05, 0) is 43.4 Å². The van der Waals surface area contributed by atoms with Crippen molar-refractivity contribution in [2.45, 2.75) is 31.2 Å². The smallest absolute Gasteiger partial charge is 0.142 e. The lowest BCUT2D eigenvalue weighted by atomic mass is 9.74. The molecule has 0 unspecified atom stereocenters. The van der Waals surface area contributed by atoms with E-state index in [4.69, 9.17) is 17.3 Å². The molecule has 0 spiro atoms. The van der Waals surface area contributed by atoms with Gasteiger partial charge < -0.3 is 5.73 Å². The van der Waals surface area contributed by atoms with Gasteiger partial charge in [-0.25, -0.2) is 4.39 Å². The molecule has 0 bridgehead atoms. The predicted molar refractivity (Wildman–Crippen MR) is 55.9 cm³/mol. The fourth-order valence-electron chi connectivity index (χ4n) is 1.86. The quantitative estimate of drug-likeness (QED) is 0.803. The summed E-state index contributed by atoms with van der Waals surface area (Å²) in [5, 5.41) is 0.174. The van der Waals surface area contributed by atoms with Gasteiger partial charge >= 0.3 is 0 Å². The van der Waals surface area contributed by atoms with Crippen molar-refractivity contribution >= 4 is 11.6 Å². The molecular formula is C11H13ClFN. The highest BCUT2D eigenvalue weighted by Gasteiger charge is 2.32. The van der Waals surface area contributed by atoms with E-state index in [9.17, 15) is 4.39 Å². The maximum Gasteiger partial charge on any atom is 0.142 e. The summed E-state index contributed by atoms with van der Waals surface area (Å²) in [6.07, 6.45) is 4.02. The van der Waals surface area contributed by atoms with E-state index in [0.717, 1.165) is 24.8 Å². The van der Waals surface area contributed by atoms with E-state index < -0.39 is 0 Å². The standard InChI is InChI=1S/C11H13ClFN/c12-9-3-2-8(6-10(9)13)7-11(14)4-1-5-11/h2-3,6H,1,4-5,7,14H2. The van der Waals surface area contributed by atoms with Gasteiger partial charge in [-0.3, -0.25) is 0 Å². The molecule has 1 aromatic rings. The molecule has 1 fully saturated rings. The number of hydrogen-bond donors (Lipinski definition) is 1. The van der Waals surface area contributed by atoms with Crippen LogP contribution in [0.25, 0.3) is 0 Å². The summed E-state index contributed by atoms with van der Waals surface area (Å²) in [6.45, 7) is 0. The second kappa shape index (κ2) is 3.52. The van der Waals surface area contributed by atoms with Gasteiger partial charge in [0.15, 0.2) is 0 Å². The minimum absolute atomic E-state index is 0.0970. The van der Waals surface area contributed by atoms with Crippen molar-refractivity contribution in [3.8, 4) is 0 Å².